The molecule has 3 aromatic rings. The van der Waals surface area contributed by atoms with Gasteiger partial charge in [0.05, 0.1) is 12.8 Å². The molecule has 128 valence electrons. The second kappa shape index (κ2) is 6.97. The lowest BCUT2D eigenvalue weighted by molar-refractivity contribution is 0.0696. The molecule has 4 rings (SSSR count). The summed E-state index contributed by atoms with van der Waals surface area (Å²) in [4.78, 5) is 19.1. The first-order chi connectivity index (χ1) is 12.3. The highest BCUT2D eigenvalue weighted by Gasteiger charge is 2.29. The van der Waals surface area contributed by atoms with Gasteiger partial charge in [0, 0.05) is 25.5 Å². The lowest BCUT2D eigenvalue weighted by atomic mass is 10.2. The SMILES string of the molecule is O=C(c1ccco1)N(Cc1nccn1Cc1ccccc1)CC1CC1. The van der Waals surface area contributed by atoms with Gasteiger partial charge >= 0.3 is 0 Å². The average molecular weight is 335 g/mol. The van der Waals surface area contributed by atoms with E-state index in [1.807, 2.05) is 29.3 Å². The predicted octanol–water partition coefficient (Wildman–Crippen LogP) is 3.58. The van der Waals surface area contributed by atoms with Crippen LogP contribution in [0.2, 0.25) is 0 Å². The van der Waals surface area contributed by atoms with E-state index >= 15 is 0 Å². The Morgan fingerprint density at radius 3 is 2.76 bits per heavy atom. The van der Waals surface area contributed by atoms with Gasteiger partial charge in [-0.05, 0) is 36.5 Å². The molecule has 0 aliphatic heterocycles. The summed E-state index contributed by atoms with van der Waals surface area (Å²) in [6, 6.07) is 13.7. The van der Waals surface area contributed by atoms with Gasteiger partial charge in [-0.15, -0.1) is 0 Å². The minimum atomic E-state index is -0.0637. The van der Waals surface area contributed by atoms with Crippen molar-refractivity contribution < 1.29 is 9.21 Å². The highest BCUT2D eigenvalue weighted by atomic mass is 16.3. The second-order valence-electron chi connectivity index (χ2n) is 6.56. The monoisotopic (exact) mass is 335 g/mol. The van der Waals surface area contributed by atoms with Gasteiger partial charge in [-0.3, -0.25) is 4.79 Å². The second-order valence-corrected chi connectivity index (χ2v) is 6.56. The first-order valence-electron chi connectivity index (χ1n) is 8.66. The summed E-state index contributed by atoms with van der Waals surface area (Å²) in [5.41, 5.74) is 1.22. The number of hydrogen-bond donors (Lipinski definition) is 0. The molecule has 25 heavy (non-hydrogen) atoms. The number of amides is 1. The van der Waals surface area contributed by atoms with Crippen molar-refractivity contribution in [3.8, 4) is 0 Å². The Morgan fingerprint density at radius 2 is 2.04 bits per heavy atom. The molecule has 1 amide bonds. The molecular weight excluding hydrogens is 314 g/mol. The molecular formula is C20H21N3O2. The molecule has 0 N–H and O–H groups in total. The van der Waals surface area contributed by atoms with Gasteiger partial charge in [0.1, 0.15) is 5.82 Å². The van der Waals surface area contributed by atoms with E-state index in [4.69, 9.17) is 4.42 Å². The van der Waals surface area contributed by atoms with Gasteiger partial charge in [-0.2, -0.15) is 0 Å². The summed E-state index contributed by atoms with van der Waals surface area (Å²) < 4.78 is 7.41. The van der Waals surface area contributed by atoms with Crippen LogP contribution in [-0.4, -0.2) is 26.9 Å². The molecule has 0 saturated heterocycles. The molecule has 1 saturated carbocycles. The van der Waals surface area contributed by atoms with Crippen LogP contribution in [0.15, 0.2) is 65.5 Å². The number of aromatic nitrogens is 2. The van der Waals surface area contributed by atoms with E-state index in [0.29, 0.717) is 18.2 Å². The van der Waals surface area contributed by atoms with E-state index in [9.17, 15) is 4.79 Å². The Balaban J connectivity index is 1.52. The number of nitrogens with zero attached hydrogens (tertiary/aromatic N) is 3. The van der Waals surface area contributed by atoms with Gasteiger partial charge in [0.25, 0.3) is 5.91 Å². The van der Waals surface area contributed by atoms with Crippen molar-refractivity contribution in [1.82, 2.24) is 14.5 Å². The zero-order chi connectivity index (χ0) is 17.1. The first-order valence-corrected chi connectivity index (χ1v) is 8.66. The summed E-state index contributed by atoms with van der Waals surface area (Å²) in [5.74, 6) is 1.83. The molecule has 0 spiro atoms. The van der Waals surface area contributed by atoms with Crippen LogP contribution in [-0.2, 0) is 13.1 Å². The zero-order valence-corrected chi connectivity index (χ0v) is 14.0. The fourth-order valence-corrected chi connectivity index (χ4v) is 2.97. The fourth-order valence-electron chi connectivity index (χ4n) is 2.97. The largest absolute Gasteiger partial charge is 0.459 e. The third kappa shape index (κ3) is 3.82. The smallest absolute Gasteiger partial charge is 0.289 e. The zero-order valence-electron chi connectivity index (χ0n) is 14.0. The average Bonchev–Trinajstić information content (AvgIpc) is 3.10. The number of hydrogen-bond acceptors (Lipinski definition) is 3. The minimum absolute atomic E-state index is 0.0637. The van der Waals surface area contributed by atoms with E-state index < -0.39 is 0 Å². The molecule has 0 radical (unpaired) electrons. The molecule has 5 nitrogen and oxygen atoms in total. The molecule has 1 aromatic carbocycles. The van der Waals surface area contributed by atoms with Crippen LogP contribution >= 0.6 is 0 Å². The van der Waals surface area contributed by atoms with Crippen molar-refractivity contribution in [1.29, 1.82) is 0 Å². The fraction of sp³-hybridized carbons (Fsp3) is 0.300. The molecule has 2 aromatic heterocycles. The normalized spacial score (nSPS) is 13.8. The summed E-state index contributed by atoms with van der Waals surface area (Å²) in [7, 11) is 0. The molecule has 1 aliphatic rings. The number of carbonyl (C=O) groups is 1. The maximum absolute atomic E-state index is 12.8. The van der Waals surface area contributed by atoms with E-state index in [2.05, 4.69) is 21.7 Å². The van der Waals surface area contributed by atoms with Gasteiger partial charge < -0.3 is 13.9 Å². The van der Waals surface area contributed by atoms with Gasteiger partial charge in [-0.1, -0.05) is 30.3 Å². The minimum Gasteiger partial charge on any atom is -0.459 e. The van der Waals surface area contributed by atoms with Crippen LogP contribution in [0.25, 0.3) is 0 Å². The molecule has 0 atom stereocenters. The maximum atomic E-state index is 12.8. The lowest BCUT2D eigenvalue weighted by Gasteiger charge is -2.22. The number of benzene rings is 1. The first kappa shape index (κ1) is 15.7. The van der Waals surface area contributed by atoms with Crippen LogP contribution < -0.4 is 0 Å². The van der Waals surface area contributed by atoms with Crippen LogP contribution in [0.1, 0.15) is 34.8 Å². The highest BCUT2D eigenvalue weighted by Crippen LogP contribution is 2.30. The quantitative estimate of drug-likeness (QED) is 0.663. The molecule has 1 fully saturated rings. The van der Waals surface area contributed by atoms with Crippen LogP contribution in [0.3, 0.4) is 0 Å². The number of carbonyl (C=O) groups excluding carboxylic acids is 1. The van der Waals surface area contributed by atoms with E-state index in [1.165, 1.54) is 18.4 Å². The van der Waals surface area contributed by atoms with Crippen molar-refractivity contribution in [3.63, 3.8) is 0 Å². The number of rotatable bonds is 7. The molecule has 0 unspecified atom stereocenters. The lowest BCUT2D eigenvalue weighted by Crippen LogP contribution is -2.33. The van der Waals surface area contributed by atoms with Crippen LogP contribution in [0.4, 0.5) is 0 Å². The van der Waals surface area contributed by atoms with Crippen molar-refractivity contribution >= 4 is 5.91 Å². The predicted molar refractivity (Wildman–Crippen MR) is 93.9 cm³/mol. The molecule has 0 bridgehead atoms. The van der Waals surface area contributed by atoms with Crippen molar-refractivity contribution in [2.45, 2.75) is 25.9 Å². The van der Waals surface area contributed by atoms with E-state index in [1.54, 1.807) is 24.6 Å². The highest BCUT2D eigenvalue weighted by molar-refractivity contribution is 5.91. The third-order valence-electron chi connectivity index (χ3n) is 4.52. The Morgan fingerprint density at radius 1 is 1.20 bits per heavy atom. The topological polar surface area (TPSA) is 51.3 Å². The molecule has 2 heterocycles. The number of furan rings is 1. The van der Waals surface area contributed by atoms with Crippen LogP contribution in [0, 0.1) is 5.92 Å². The van der Waals surface area contributed by atoms with Crippen molar-refractivity contribution in [2.24, 2.45) is 5.92 Å². The standard InChI is InChI=1S/C20H21N3O2/c24-20(18-7-4-12-25-18)23(14-17-8-9-17)15-19-21-10-11-22(19)13-16-5-2-1-3-6-16/h1-7,10-12,17H,8-9,13-15H2. The Kier molecular flexibility index (Phi) is 4.37. The molecule has 1 aliphatic carbocycles. The summed E-state index contributed by atoms with van der Waals surface area (Å²) >= 11 is 0. The van der Waals surface area contributed by atoms with Gasteiger partial charge in [-0.25, -0.2) is 4.98 Å². The Hall–Kier alpha value is -2.82. The van der Waals surface area contributed by atoms with Crippen molar-refractivity contribution in [3.05, 3.63) is 78.3 Å². The Bertz CT molecular complexity index is 820. The third-order valence-corrected chi connectivity index (χ3v) is 4.52. The summed E-state index contributed by atoms with van der Waals surface area (Å²) in [6.07, 6.45) is 7.69. The molecule has 5 heteroatoms. The summed E-state index contributed by atoms with van der Waals surface area (Å²) in [5, 5.41) is 0. The number of imidazole rings is 1. The van der Waals surface area contributed by atoms with Crippen molar-refractivity contribution in [2.75, 3.05) is 6.54 Å². The van der Waals surface area contributed by atoms with E-state index in [-0.39, 0.29) is 5.91 Å². The Labute approximate surface area is 146 Å². The maximum Gasteiger partial charge on any atom is 0.289 e. The van der Waals surface area contributed by atoms with E-state index in [0.717, 1.165) is 18.9 Å². The summed E-state index contributed by atoms with van der Waals surface area (Å²) in [6.45, 7) is 2.01. The van der Waals surface area contributed by atoms with Crippen LogP contribution in [0.5, 0.6) is 0 Å². The van der Waals surface area contributed by atoms with Gasteiger partial charge in [0.15, 0.2) is 5.76 Å². The van der Waals surface area contributed by atoms with Gasteiger partial charge in [0.2, 0.25) is 0 Å².